The van der Waals surface area contributed by atoms with Crippen LogP contribution in [0.2, 0.25) is 0 Å². The number of unbranched alkanes of at least 4 members (excludes halogenated alkanes) is 3. The van der Waals surface area contributed by atoms with E-state index in [9.17, 15) is 0 Å². The first-order valence-electron chi connectivity index (χ1n) is 14.3. The molecule has 0 aromatic heterocycles. The van der Waals surface area contributed by atoms with Crippen LogP contribution in [0.1, 0.15) is 140 Å². The molecule has 0 spiro atoms. The highest BCUT2D eigenvalue weighted by Crippen LogP contribution is 2.38. The number of hydrogen-bond donors (Lipinski definition) is 0. The minimum Gasteiger partial charge on any atom is -0.304 e. The second kappa shape index (κ2) is 26.0. The van der Waals surface area contributed by atoms with Crippen molar-refractivity contribution in [3.05, 3.63) is 12.2 Å². The molecule has 0 N–H and O–H groups in total. The molecule has 4 unspecified atom stereocenters. The van der Waals surface area contributed by atoms with Gasteiger partial charge in [-0.1, -0.05) is 113 Å². The van der Waals surface area contributed by atoms with Crippen molar-refractivity contribution >= 4 is 0 Å². The first-order chi connectivity index (χ1) is 14.9. The van der Waals surface area contributed by atoms with Crippen molar-refractivity contribution in [2.45, 2.75) is 146 Å². The van der Waals surface area contributed by atoms with Gasteiger partial charge in [-0.25, -0.2) is 0 Å². The molecule has 1 heteroatoms. The fraction of sp³-hybridized carbons (Fsp3) is 0.933. The van der Waals surface area contributed by atoms with E-state index in [4.69, 9.17) is 0 Å². The molecular formula is C30H65N. The van der Waals surface area contributed by atoms with Crippen LogP contribution in [0, 0.1) is 23.7 Å². The normalized spacial score (nSPS) is 19.4. The van der Waals surface area contributed by atoms with Gasteiger partial charge in [-0.3, -0.25) is 0 Å². The smallest absolute Gasteiger partial charge is 0.00356 e. The summed E-state index contributed by atoms with van der Waals surface area (Å²) < 4.78 is 0. The van der Waals surface area contributed by atoms with Crippen molar-refractivity contribution in [1.29, 1.82) is 0 Å². The highest BCUT2D eigenvalue weighted by Gasteiger charge is 2.28. The molecule has 31 heavy (non-hydrogen) atoms. The Bertz CT molecular complexity index is 342. The van der Waals surface area contributed by atoms with E-state index in [1.165, 1.54) is 70.8 Å². The van der Waals surface area contributed by atoms with Gasteiger partial charge < -0.3 is 4.90 Å². The van der Waals surface area contributed by atoms with Gasteiger partial charge in [0.1, 0.15) is 0 Å². The summed E-state index contributed by atoms with van der Waals surface area (Å²) in [6, 6.07) is 0.669. The SMILES string of the molecule is CC.CC.CCC1CC=CCC1C(CC)CCC(C)CN(C)C(C)C.CCCCCC. The van der Waals surface area contributed by atoms with Gasteiger partial charge >= 0.3 is 0 Å². The van der Waals surface area contributed by atoms with E-state index in [1.54, 1.807) is 0 Å². The van der Waals surface area contributed by atoms with Crippen LogP contribution < -0.4 is 0 Å². The minimum absolute atomic E-state index is 0.669. The van der Waals surface area contributed by atoms with Crippen molar-refractivity contribution < 1.29 is 0 Å². The molecule has 1 aliphatic rings. The molecule has 190 valence electrons. The topological polar surface area (TPSA) is 3.24 Å². The predicted molar refractivity (Wildman–Crippen MR) is 148 cm³/mol. The van der Waals surface area contributed by atoms with Gasteiger partial charge in [0.25, 0.3) is 0 Å². The van der Waals surface area contributed by atoms with Crippen LogP contribution in [-0.4, -0.2) is 24.5 Å². The fourth-order valence-corrected chi connectivity index (χ4v) is 4.45. The van der Waals surface area contributed by atoms with Crippen LogP contribution in [0.5, 0.6) is 0 Å². The number of nitrogens with zero attached hydrogens (tertiary/aromatic N) is 1. The zero-order valence-corrected chi connectivity index (χ0v) is 24.3. The maximum absolute atomic E-state index is 2.49. The van der Waals surface area contributed by atoms with Gasteiger partial charge in [-0.2, -0.15) is 0 Å². The summed E-state index contributed by atoms with van der Waals surface area (Å²) in [5.74, 6) is 3.64. The molecule has 0 saturated heterocycles. The first-order valence-corrected chi connectivity index (χ1v) is 14.3. The third-order valence-corrected chi connectivity index (χ3v) is 6.74. The Morgan fingerprint density at radius 1 is 0.806 bits per heavy atom. The Kier molecular flexibility index (Phi) is 29.6. The monoisotopic (exact) mass is 440 g/mol. The molecule has 1 aliphatic carbocycles. The summed E-state index contributed by atoms with van der Waals surface area (Å²) in [4.78, 5) is 2.49. The second-order valence-corrected chi connectivity index (χ2v) is 9.37. The molecule has 0 aromatic carbocycles. The molecule has 0 amide bonds. The minimum atomic E-state index is 0.669. The molecular weight excluding hydrogens is 374 g/mol. The Morgan fingerprint density at radius 2 is 1.32 bits per heavy atom. The van der Waals surface area contributed by atoms with Crippen LogP contribution in [0.3, 0.4) is 0 Å². The Morgan fingerprint density at radius 3 is 1.74 bits per heavy atom. The first kappa shape index (κ1) is 35.3. The molecule has 0 bridgehead atoms. The van der Waals surface area contributed by atoms with Gasteiger partial charge in [0.15, 0.2) is 0 Å². The van der Waals surface area contributed by atoms with Crippen molar-refractivity contribution in [3.63, 3.8) is 0 Å². The van der Waals surface area contributed by atoms with Crippen molar-refractivity contribution in [2.75, 3.05) is 13.6 Å². The third-order valence-electron chi connectivity index (χ3n) is 6.74. The molecule has 4 atom stereocenters. The van der Waals surface area contributed by atoms with Crippen LogP contribution in [0.15, 0.2) is 12.2 Å². The van der Waals surface area contributed by atoms with E-state index in [1.807, 2.05) is 27.7 Å². The van der Waals surface area contributed by atoms with E-state index in [2.05, 4.69) is 72.6 Å². The number of allylic oxidation sites excluding steroid dienone is 2. The van der Waals surface area contributed by atoms with Crippen molar-refractivity contribution in [1.82, 2.24) is 4.90 Å². The molecule has 0 heterocycles. The van der Waals surface area contributed by atoms with Crippen molar-refractivity contribution in [2.24, 2.45) is 23.7 Å². The Balaban J connectivity index is -0.000000663. The molecule has 0 aromatic rings. The fourth-order valence-electron chi connectivity index (χ4n) is 4.45. The summed E-state index contributed by atoms with van der Waals surface area (Å²) in [5.41, 5.74) is 0. The van der Waals surface area contributed by atoms with Gasteiger partial charge in [0, 0.05) is 12.6 Å². The average molecular weight is 440 g/mol. The zero-order valence-electron chi connectivity index (χ0n) is 24.3. The third kappa shape index (κ3) is 18.9. The van der Waals surface area contributed by atoms with E-state index in [0.717, 1.165) is 23.7 Å². The van der Waals surface area contributed by atoms with Gasteiger partial charge in [0.05, 0.1) is 0 Å². The lowest BCUT2D eigenvalue weighted by molar-refractivity contribution is 0.176. The molecule has 0 saturated carbocycles. The Labute approximate surface area is 200 Å². The van der Waals surface area contributed by atoms with E-state index in [0.29, 0.717) is 6.04 Å². The number of hydrogen-bond acceptors (Lipinski definition) is 1. The lowest BCUT2D eigenvalue weighted by Gasteiger charge is -2.35. The summed E-state index contributed by atoms with van der Waals surface area (Å²) in [6.45, 7) is 25.5. The quantitative estimate of drug-likeness (QED) is 0.216. The van der Waals surface area contributed by atoms with Gasteiger partial charge in [0.2, 0.25) is 0 Å². The highest BCUT2D eigenvalue weighted by molar-refractivity contribution is 4.96. The number of rotatable bonds is 12. The van der Waals surface area contributed by atoms with Gasteiger partial charge in [-0.05, 0) is 70.3 Å². The van der Waals surface area contributed by atoms with E-state index < -0.39 is 0 Å². The molecule has 0 radical (unpaired) electrons. The molecule has 0 fully saturated rings. The maximum Gasteiger partial charge on any atom is 0.00356 e. The highest BCUT2D eigenvalue weighted by atomic mass is 15.1. The zero-order chi connectivity index (χ0) is 24.7. The summed E-state index contributed by atoms with van der Waals surface area (Å²) >= 11 is 0. The predicted octanol–water partition coefficient (Wildman–Crippen LogP) is 10.4. The average Bonchev–Trinajstić information content (AvgIpc) is 2.81. The standard InChI is InChI=1S/C20H39N.C6H14.2C2H6/c1-7-18-11-9-10-12-20(18)19(8-2)14-13-17(5)15-21(6)16(3)4;1-3-5-6-4-2;2*1-2/h9-10,16-20H,7-8,11-15H2,1-6H3;3-6H2,1-2H3;2*1-2H3. The van der Waals surface area contributed by atoms with E-state index in [-0.39, 0.29) is 0 Å². The Hall–Kier alpha value is -0.300. The lowest BCUT2D eigenvalue weighted by atomic mass is 9.71. The maximum atomic E-state index is 2.49. The summed E-state index contributed by atoms with van der Waals surface area (Å²) in [7, 11) is 2.26. The molecule has 1 nitrogen and oxygen atoms in total. The van der Waals surface area contributed by atoms with E-state index >= 15 is 0 Å². The summed E-state index contributed by atoms with van der Waals surface area (Å²) in [5, 5.41) is 0. The second-order valence-electron chi connectivity index (χ2n) is 9.37. The van der Waals surface area contributed by atoms with Crippen molar-refractivity contribution in [3.8, 4) is 0 Å². The largest absolute Gasteiger partial charge is 0.304 e. The molecule has 1 rings (SSSR count). The molecule has 0 aliphatic heterocycles. The van der Waals surface area contributed by atoms with Crippen LogP contribution >= 0.6 is 0 Å². The van der Waals surface area contributed by atoms with Crippen LogP contribution in [0.4, 0.5) is 0 Å². The van der Waals surface area contributed by atoms with Gasteiger partial charge in [-0.15, -0.1) is 0 Å². The lowest BCUT2D eigenvalue weighted by Crippen LogP contribution is -2.31. The van der Waals surface area contributed by atoms with Crippen LogP contribution in [-0.2, 0) is 0 Å². The van der Waals surface area contributed by atoms with Crippen LogP contribution in [0.25, 0.3) is 0 Å². The summed E-state index contributed by atoms with van der Waals surface area (Å²) in [6.07, 6.45) is 18.6.